The number of ether oxygens (including phenoxy) is 2. The number of aromatic amines is 1. The SMILES string of the molecule is CO[C@H]1c2cc(-n3[nH]c4ccccc4c3=O)ccc2O[C@@H](C(CC(=O)N2CCC[C@H]2CO)[Si](C)(C)O)[C@@H]1C. The lowest BCUT2D eigenvalue weighted by Crippen LogP contribution is -2.50. The van der Waals surface area contributed by atoms with Crippen LogP contribution in [0.1, 0.15) is 37.9 Å². The first kappa shape index (κ1) is 26.7. The number of nitrogens with zero attached hydrogens (tertiary/aromatic N) is 2. The molecule has 0 spiro atoms. The van der Waals surface area contributed by atoms with Crippen molar-refractivity contribution in [3.8, 4) is 11.4 Å². The van der Waals surface area contributed by atoms with Crippen LogP contribution in [0.2, 0.25) is 18.6 Å². The normalized spacial score (nSPS) is 24.3. The summed E-state index contributed by atoms with van der Waals surface area (Å²) < 4.78 is 14.0. The maximum atomic E-state index is 13.3. The summed E-state index contributed by atoms with van der Waals surface area (Å²) in [5.41, 5.74) is 1.75. The summed E-state index contributed by atoms with van der Waals surface area (Å²) in [5.74, 6) is 0.411. The van der Waals surface area contributed by atoms with Gasteiger partial charge in [-0.05, 0) is 56.3 Å². The Hall–Kier alpha value is -2.92. The van der Waals surface area contributed by atoms with Crippen molar-refractivity contribution in [3.63, 3.8) is 0 Å². The zero-order chi connectivity index (χ0) is 27.2. The van der Waals surface area contributed by atoms with Crippen molar-refractivity contribution >= 4 is 25.1 Å². The Morgan fingerprint density at radius 2 is 2.03 bits per heavy atom. The zero-order valence-electron chi connectivity index (χ0n) is 22.4. The van der Waals surface area contributed by atoms with Gasteiger partial charge in [0.15, 0.2) is 8.32 Å². The van der Waals surface area contributed by atoms with E-state index in [1.54, 1.807) is 18.1 Å². The highest BCUT2D eigenvalue weighted by Gasteiger charge is 2.48. The molecular weight excluding hydrogens is 502 g/mol. The lowest BCUT2D eigenvalue weighted by molar-refractivity contribution is -0.133. The number of H-pyrrole nitrogens is 1. The molecule has 2 aliphatic rings. The van der Waals surface area contributed by atoms with Gasteiger partial charge in [0.2, 0.25) is 5.91 Å². The topological polar surface area (TPSA) is 117 Å². The summed E-state index contributed by atoms with van der Waals surface area (Å²) in [5, 5.41) is 13.5. The van der Waals surface area contributed by atoms with E-state index in [0.717, 1.165) is 23.9 Å². The van der Waals surface area contributed by atoms with Crippen LogP contribution < -0.4 is 10.3 Å². The summed E-state index contributed by atoms with van der Waals surface area (Å²) in [6.45, 7) is 6.29. The summed E-state index contributed by atoms with van der Waals surface area (Å²) >= 11 is 0. The molecule has 1 unspecified atom stereocenters. The monoisotopic (exact) mass is 539 g/mol. The van der Waals surface area contributed by atoms with Crippen LogP contribution in [0.15, 0.2) is 47.3 Å². The fourth-order valence-electron chi connectivity index (χ4n) is 6.17. The van der Waals surface area contributed by atoms with Gasteiger partial charge in [0.25, 0.3) is 5.56 Å². The molecule has 1 saturated heterocycles. The molecule has 0 radical (unpaired) electrons. The molecule has 0 bridgehead atoms. The number of aromatic nitrogens is 2. The Labute approximate surface area is 223 Å². The molecule has 1 amide bonds. The van der Waals surface area contributed by atoms with Crippen LogP contribution in [-0.2, 0) is 9.53 Å². The molecule has 38 heavy (non-hydrogen) atoms. The van der Waals surface area contributed by atoms with Crippen molar-refractivity contribution < 1.29 is 24.2 Å². The number of aliphatic hydroxyl groups is 1. The minimum Gasteiger partial charge on any atom is -0.490 e. The molecule has 2 aromatic carbocycles. The van der Waals surface area contributed by atoms with Crippen LogP contribution in [-0.4, -0.2) is 71.2 Å². The van der Waals surface area contributed by atoms with Crippen molar-refractivity contribution in [2.45, 2.75) is 63.1 Å². The van der Waals surface area contributed by atoms with Crippen molar-refractivity contribution in [1.29, 1.82) is 0 Å². The third kappa shape index (κ3) is 4.70. The van der Waals surface area contributed by atoms with E-state index in [2.05, 4.69) is 5.10 Å². The summed E-state index contributed by atoms with van der Waals surface area (Å²) in [6.07, 6.45) is 1.05. The maximum Gasteiger partial charge on any atom is 0.279 e. The van der Waals surface area contributed by atoms with Gasteiger partial charge in [-0.25, -0.2) is 4.68 Å². The first-order valence-corrected chi connectivity index (χ1v) is 16.3. The lowest BCUT2D eigenvalue weighted by Gasteiger charge is -2.44. The van der Waals surface area contributed by atoms with E-state index in [-0.39, 0.29) is 48.1 Å². The molecule has 3 heterocycles. The smallest absolute Gasteiger partial charge is 0.279 e. The second-order valence-electron chi connectivity index (χ2n) is 11.1. The van der Waals surface area contributed by atoms with Gasteiger partial charge in [0, 0.05) is 37.1 Å². The van der Waals surface area contributed by atoms with Crippen LogP contribution in [0, 0.1) is 5.92 Å². The zero-order valence-corrected chi connectivity index (χ0v) is 23.4. The number of para-hydroxylation sites is 1. The molecule has 5 atom stereocenters. The molecule has 0 aliphatic carbocycles. The molecule has 5 rings (SSSR count). The van der Waals surface area contributed by atoms with E-state index < -0.39 is 14.4 Å². The second-order valence-corrected chi connectivity index (χ2v) is 15.2. The number of nitrogens with one attached hydrogen (secondary N) is 1. The number of rotatable bonds is 7. The van der Waals surface area contributed by atoms with Gasteiger partial charge >= 0.3 is 0 Å². The molecule has 204 valence electrons. The Bertz CT molecular complexity index is 1380. The molecule has 1 aromatic heterocycles. The fraction of sp³-hybridized carbons (Fsp3) is 0.500. The van der Waals surface area contributed by atoms with E-state index in [1.165, 1.54) is 4.68 Å². The number of carbonyl (C=O) groups is 1. The van der Waals surface area contributed by atoms with E-state index in [0.29, 0.717) is 23.4 Å². The molecule has 2 aliphatic heterocycles. The van der Waals surface area contributed by atoms with Gasteiger partial charge in [-0.15, -0.1) is 0 Å². The largest absolute Gasteiger partial charge is 0.490 e. The molecule has 3 aromatic rings. The molecule has 1 fully saturated rings. The van der Waals surface area contributed by atoms with Crippen LogP contribution in [0.5, 0.6) is 5.75 Å². The van der Waals surface area contributed by atoms with Gasteiger partial charge in [-0.1, -0.05) is 19.1 Å². The predicted molar refractivity (Wildman–Crippen MR) is 147 cm³/mol. The lowest BCUT2D eigenvalue weighted by atomic mass is 9.86. The average Bonchev–Trinajstić information content (AvgIpc) is 3.51. The van der Waals surface area contributed by atoms with Gasteiger partial charge in [0.1, 0.15) is 11.9 Å². The quantitative estimate of drug-likeness (QED) is 0.397. The number of aliphatic hydroxyl groups excluding tert-OH is 1. The number of amides is 1. The van der Waals surface area contributed by atoms with Crippen LogP contribution in [0.3, 0.4) is 0 Å². The summed E-state index contributed by atoms with van der Waals surface area (Å²) in [6, 6.07) is 12.8. The van der Waals surface area contributed by atoms with Gasteiger partial charge in [-0.2, -0.15) is 0 Å². The number of benzene rings is 2. The molecule has 3 N–H and O–H groups in total. The van der Waals surface area contributed by atoms with Crippen LogP contribution >= 0.6 is 0 Å². The highest BCUT2D eigenvalue weighted by molar-refractivity contribution is 6.71. The Balaban J connectivity index is 1.47. The fourth-order valence-corrected chi connectivity index (χ4v) is 8.02. The maximum absolute atomic E-state index is 13.3. The number of fused-ring (bicyclic) bond motifs is 2. The molecule has 10 heteroatoms. The molecule has 0 saturated carbocycles. The Morgan fingerprint density at radius 1 is 1.26 bits per heavy atom. The number of hydrogen-bond donors (Lipinski definition) is 3. The highest BCUT2D eigenvalue weighted by atomic mass is 28.4. The van der Waals surface area contributed by atoms with E-state index in [4.69, 9.17) is 9.47 Å². The predicted octanol–water partition coefficient (Wildman–Crippen LogP) is 3.34. The van der Waals surface area contributed by atoms with Crippen LogP contribution in [0.4, 0.5) is 0 Å². The van der Waals surface area contributed by atoms with Crippen molar-refractivity contribution in [2.75, 3.05) is 20.3 Å². The number of hydrogen-bond acceptors (Lipinski definition) is 6. The van der Waals surface area contributed by atoms with E-state index in [1.807, 2.05) is 56.4 Å². The van der Waals surface area contributed by atoms with E-state index >= 15 is 0 Å². The van der Waals surface area contributed by atoms with Gasteiger partial charge in [-0.3, -0.25) is 14.7 Å². The molecular formula is C28H37N3O6Si. The Kier molecular flexibility index (Phi) is 7.25. The summed E-state index contributed by atoms with van der Waals surface area (Å²) in [7, 11) is -1.21. The summed E-state index contributed by atoms with van der Waals surface area (Å²) in [4.78, 5) is 39.4. The van der Waals surface area contributed by atoms with Crippen LogP contribution in [0.25, 0.3) is 16.6 Å². The third-order valence-electron chi connectivity index (χ3n) is 8.27. The minimum absolute atomic E-state index is 0.0480. The number of methoxy groups -OCH3 is 1. The van der Waals surface area contributed by atoms with Crippen molar-refractivity contribution in [1.82, 2.24) is 14.7 Å². The first-order chi connectivity index (χ1) is 18.1. The van der Waals surface area contributed by atoms with Gasteiger partial charge in [0.05, 0.1) is 35.3 Å². The number of likely N-dealkylation sites (tertiary alicyclic amines) is 1. The third-order valence-corrected chi connectivity index (χ3v) is 10.6. The Morgan fingerprint density at radius 3 is 2.71 bits per heavy atom. The van der Waals surface area contributed by atoms with Crippen molar-refractivity contribution in [3.05, 3.63) is 58.4 Å². The first-order valence-electron chi connectivity index (χ1n) is 13.3. The van der Waals surface area contributed by atoms with Crippen molar-refractivity contribution in [2.24, 2.45) is 5.92 Å². The van der Waals surface area contributed by atoms with Gasteiger partial charge < -0.3 is 24.3 Å². The molecule has 9 nitrogen and oxygen atoms in total. The highest BCUT2D eigenvalue weighted by Crippen LogP contribution is 2.47. The second kappa shape index (κ2) is 10.3. The van der Waals surface area contributed by atoms with E-state index in [9.17, 15) is 19.5 Å². The number of carbonyl (C=O) groups excluding carboxylic acids is 1. The average molecular weight is 540 g/mol. The minimum atomic E-state index is -2.86. The standard InChI is InChI=1S/C28H37N3O6Si/c1-17-26(36-2)21-14-18(31-28(34)20-9-5-6-10-22(20)29-31)11-12-23(21)37-27(17)24(38(3,4)35)15-25(33)30-13-7-8-19(30)16-32/h5-6,9-12,14,17,19,24,26-27,29,32,35H,7-8,13,15-16H2,1-4H3/t17-,19+,24?,26-,27-/m1/s1.